The molecule has 1 aliphatic carbocycles. The smallest absolute Gasteiger partial charge is 0.0621 e. The van der Waals surface area contributed by atoms with Crippen LogP contribution in [0.1, 0.15) is 58.3 Å². The number of hydrogen-bond donors (Lipinski definition) is 0. The lowest BCUT2D eigenvalue weighted by atomic mass is 9.85. The Bertz CT molecular complexity index is 256. The van der Waals surface area contributed by atoms with Crippen LogP contribution in [0.25, 0.3) is 0 Å². The van der Waals surface area contributed by atoms with E-state index in [1.54, 1.807) is 0 Å². The lowest BCUT2D eigenvalue weighted by molar-refractivity contribution is 0.154. The van der Waals surface area contributed by atoms with E-state index < -0.39 is 0 Å². The molecule has 2 rings (SSSR count). The second-order valence-electron chi connectivity index (χ2n) is 5.55. The summed E-state index contributed by atoms with van der Waals surface area (Å²) in [5, 5.41) is 8.53. The summed E-state index contributed by atoms with van der Waals surface area (Å²) in [5.74, 6) is 0.986. The van der Waals surface area contributed by atoms with Crippen molar-refractivity contribution in [3.63, 3.8) is 0 Å². The molecular formula is C14H24N2. The Labute approximate surface area is 99.6 Å². The molecule has 0 aromatic heterocycles. The van der Waals surface area contributed by atoms with Gasteiger partial charge in [0.05, 0.1) is 6.07 Å². The van der Waals surface area contributed by atoms with Gasteiger partial charge in [0.1, 0.15) is 0 Å². The highest BCUT2D eigenvalue weighted by Gasteiger charge is 2.39. The van der Waals surface area contributed by atoms with Crippen LogP contribution in [-0.2, 0) is 0 Å². The number of nitrogens with zero attached hydrogens (tertiary/aromatic N) is 2. The quantitative estimate of drug-likeness (QED) is 0.679. The van der Waals surface area contributed by atoms with Crippen LogP contribution in [0.3, 0.4) is 0 Å². The van der Waals surface area contributed by atoms with E-state index in [0.29, 0.717) is 0 Å². The Balaban J connectivity index is 1.81. The van der Waals surface area contributed by atoms with Gasteiger partial charge in [0.2, 0.25) is 0 Å². The zero-order chi connectivity index (χ0) is 11.4. The lowest BCUT2D eigenvalue weighted by Gasteiger charge is -2.33. The van der Waals surface area contributed by atoms with E-state index in [1.807, 2.05) is 0 Å². The fourth-order valence-corrected chi connectivity index (χ4v) is 3.68. The predicted octanol–water partition coefficient (Wildman–Crippen LogP) is 3.33. The molecule has 0 unspecified atom stereocenters. The molecule has 1 saturated carbocycles. The molecule has 0 bridgehead atoms. The van der Waals surface area contributed by atoms with Gasteiger partial charge in [0.25, 0.3) is 0 Å². The molecule has 90 valence electrons. The van der Waals surface area contributed by atoms with Gasteiger partial charge >= 0.3 is 0 Å². The first-order valence-electron chi connectivity index (χ1n) is 6.95. The van der Waals surface area contributed by atoms with Crippen LogP contribution in [0, 0.1) is 17.2 Å². The van der Waals surface area contributed by atoms with Crippen LogP contribution in [-0.4, -0.2) is 23.5 Å². The first-order chi connectivity index (χ1) is 7.83. The average Bonchev–Trinajstić information content (AvgIpc) is 2.61. The SMILES string of the molecule is C[C@@H]1C[C@@H]2CCCC[C@@H]2N1CCCCC#N. The molecule has 0 amide bonds. The molecule has 0 spiro atoms. The van der Waals surface area contributed by atoms with Crippen LogP contribution >= 0.6 is 0 Å². The molecule has 2 nitrogen and oxygen atoms in total. The molecular weight excluding hydrogens is 196 g/mol. The number of likely N-dealkylation sites (tertiary alicyclic amines) is 1. The van der Waals surface area contributed by atoms with Crippen molar-refractivity contribution in [3.8, 4) is 6.07 Å². The number of fused-ring (bicyclic) bond motifs is 1. The molecule has 2 fully saturated rings. The van der Waals surface area contributed by atoms with E-state index in [-0.39, 0.29) is 0 Å². The topological polar surface area (TPSA) is 27.0 Å². The van der Waals surface area contributed by atoms with Crippen molar-refractivity contribution in [1.29, 1.82) is 5.26 Å². The summed E-state index contributed by atoms with van der Waals surface area (Å²) in [6.45, 7) is 3.62. The Morgan fingerprint density at radius 3 is 2.88 bits per heavy atom. The van der Waals surface area contributed by atoms with Gasteiger partial charge in [-0.05, 0) is 51.5 Å². The second kappa shape index (κ2) is 5.68. The maximum atomic E-state index is 8.53. The number of rotatable bonds is 4. The standard InChI is InChI=1S/C14H24N2/c1-12-11-13-7-3-4-8-14(13)16(12)10-6-2-5-9-15/h12-14H,2-8,10-11H2,1H3/t12-,13+,14+/m1/s1. The first kappa shape index (κ1) is 11.9. The van der Waals surface area contributed by atoms with E-state index in [0.717, 1.165) is 30.8 Å². The highest BCUT2D eigenvalue weighted by molar-refractivity contribution is 4.93. The van der Waals surface area contributed by atoms with Crippen LogP contribution in [0.15, 0.2) is 0 Å². The third-order valence-corrected chi connectivity index (χ3v) is 4.46. The summed E-state index contributed by atoms with van der Waals surface area (Å²) in [5.41, 5.74) is 0. The van der Waals surface area contributed by atoms with Crippen LogP contribution < -0.4 is 0 Å². The van der Waals surface area contributed by atoms with Crippen LogP contribution in [0.5, 0.6) is 0 Å². The molecule has 3 atom stereocenters. The predicted molar refractivity (Wildman–Crippen MR) is 66.0 cm³/mol. The second-order valence-corrected chi connectivity index (χ2v) is 5.55. The van der Waals surface area contributed by atoms with Gasteiger partial charge in [0.15, 0.2) is 0 Å². The molecule has 2 aliphatic rings. The molecule has 1 heterocycles. The maximum Gasteiger partial charge on any atom is 0.0621 e. The van der Waals surface area contributed by atoms with Crippen molar-refractivity contribution in [3.05, 3.63) is 0 Å². The van der Waals surface area contributed by atoms with Crippen molar-refractivity contribution in [2.24, 2.45) is 5.92 Å². The molecule has 0 aromatic rings. The van der Waals surface area contributed by atoms with Crippen LogP contribution in [0.4, 0.5) is 0 Å². The van der Waals surface area contributed by atoms with Crippen molar-refractivity contribution in [1.82, 2.24) is 4.90 Å². The zero-order valence-electron chi connectivity index (χ0n) is 10.5. The van der Waals surface area contributed by atoms with Gasteiger partial charge in [0, 0.05) is 18.5 Å². The Kier molecular flexibility index (Phi) is 4.23. The molecule has 2 heteroatoms. The zero-order valence-corrected chi connectivity index (χ0v) is 10.5. The molecule has 0 radical (unpaired) electrons. The highest BCUT2D eigenvalue weighted by atomic mass is 15.2. The fraction of sp³-hybridized carbons (Fsp3) is 0.929. The molecule has 0 aromatic carbocycles. The summed E-state index contributed by atoms with van der Waals surface area (Å²) in [6, 6.07) is 3.91. The van der Waals surface area contributed by atoms with E-state index in [4.69, 9.17) is 5.26 Å². The largest absolute Gasteiger partial charge is 0.297 e. The van der Waals surface area contributed by atoms with Gasteiger partial charge in [-0.25, -0.2) is 0 Å². The van der Waals surface area contributed by atoms with Gasteiger partial charge in [-0.1, -0.05) is 12.8 Å². The van der Waals surface area contributed by atoms with Crippen molar-refractivity contribution in [2.45, 2.75) is 70.4 Å². The van der Waals surface area contributed by atoms with Crippen LogP contribution in [0.2, 0.25) is 0 Å². The van der Waals surface area contributed by atoms with E-state index in [2.05, 4.69) is 17.9 Å². The van der Waals surface area contributed by atoms with E-state index in [9.17, 15) is 0 Å². The molecule has 16 heavy (non-hydrogen) atoms. The number of hydrogen-bond acceptors (Lipinski definition) is 2. The highest BCUT2D eigenvalue weighted by Crippen LogP contribution is 2.39. The monoisotopic (exact) mass is 220 g/mol. The van der Waals surface area contributed by atoms with E-state index in [1.165, 1.54) is 45.1 Å². The van der Waals surface area contributed by atoms with Crippen molar-refractivity contribution < 1.29 is 0 Å². The Hall–Kier alpha value is -0.550. The number of nitriles is 1. The summed E-state index contributed by atoms with van der Waals surface area (Å²) in [7, 11) is 0. The van der Waals surface area contributed by atoms with Gasteiger partial charge < -0.3 is 0 Å². The minimum absolute atomic E-state index is 0.732. The van der Waals surface area contributed by atoms with E-state index >= 15 is 0 Å². The lowest BCUT2D eigenvalue weighted by Crippen LogP contribution is -2.38. The minimum Gasteiger partial charge on any atom is -0.297 e. The van der Waals surface area contributed by atoms with Gasteiger partial charge in [-0.3, -0.25) is 4.90 Å². The fourth-order valence-electron chi connectivity index (χ4n) is 3.68. The summed E-state index contributed by atoms with van der Waals surface area (Å²) >= 11 is 0. The Morgan fingerprint density at radius 2 is 2.06 bits per heavy atom. The summed E-state index contributed by atoms with van der Waals surface area (Å²) < 4.78 is 0. The summed E-state index contributed by atoms with van der Waals surface area (Å²) in [6.07, 6.45) is 10.2. The molecule has 0 N–H and O–H groups in total. The average molecular weight is 220 g/mol. The third kappa shape index (κ3) is 2.58. The number of unbranched alkanes of at least 4 members (excludes halogenated alkanes) is 2. The Morgan fingerprint density at radius 1 is 1.25 bits per heavy atom. The molecule has 1 aliphatic heterocycles. The van der Waals surface area contributed by atoms with Crippen molar-refractivity contribution in [2.75, 3.05) is 6.54 Å². The van der Waals surface area contributed by atoms with Gasteiger partial charge in [-0.15, -0.1) is 0 Å². The summed E-state index contributed by atoms with van der Waals surface area (Å²) in [4.78, 5) is 2.74. The van der Waals surface area contributed by atoms with Gasteiger partial charge in [-0.2, -0.15) is 5.26 Å². The maximum absolute atomic E-state index is 8.53. The third-order valence-electron chi connectivity index (χ3n) is 4.46. The minimum atomic E-state index is 0.732. The first-order valence-corrected chi connectivity index (χ1v) is 6.95. The normalized spacial score (nSPS) is 34.6. The molecule has 1 saturated heterocycles. The van der Waals surface area contributed by atoms with Crippen molar-refractivity contribution >= 4 is 0 Å².